The molecule has 0 fully saturated rings. The minimum Gasteiger partial charge on any atom is -0.456 e. The summed E-state index contributed by atoms with van der Waals surface area (Å²) in [7, 11) is 0. The van der Waals surface area contributed by atoms with Crippen molar-refractivity contribution in [2.24, 2.45) is 0 Å². The van der Waals surface area contributed by atoms with Crippen LogP contribution in [0.5, 0.6) is 23.0 Å². The molecule has 8 aromatic carbocycles. The van der Waals surface area contributed by atoms with Gasteiger partial charge in [-0.15, -0.1) is 0 Å². The van der Waals surface area contributed by atoms with Crippen LogP contribution in [0.2, 0.25) is 0 Å². The number of benzene rings is 8. The third-order valence-corrected chi connectivity index (χ3v) is 16.4. The summed E-state index contributed by atoms with van der Waals surface area (Å²) in [5.41, 5.74) is 4.97. The standard InChI is InChI=1S/C71H72O6/c1-3-5-7-9-11-13-15-17-27-45-71(46-28-18-16-14-12-10-8-6-4-2,51-37-41-53(42-38-51)76-69-55-31-21-19-29-49(55)47-61-63(69)67(74)59-35-25-23-33-57(59)65(61)72)52-39-43-54(44-40-52)77-70-56-32-22-20-30-50(56)48-62-64(70)68(75)60-36-26-24-34-58(60)66(62)73/h19-26,29-44,47-48H,3-18,27-28,45-46H2,1-2H3. The van der Waals surface area contributed by atoms with Gasteiger partial charge in [0.05, 0.1) is 11.1 Å². The van der Waals surface area contributed by atoms with Crippen molar-refractivity contribution < 1.29 is 28.7 Å². The van der Waals surface area contributed by atoms with E-state index in [1.54, 1.807) is 48.5 Å². The molecule has 0 N–H and O–H groups in total. The van der Waals surface area contributed by atoms with Crippen LogP contribution in [-0.4, -0.2) is 23.1 Å². The molecule has 0 bridgehead atoms. The van der Waals surface area contributed by atoms with Crippen LogP contribution in [0.3, 0.4) is 0 Å². The first-order valence-corrected chi connectivity index (χ1v) is 28.9. The zero-order chi connectivity index (χ0) is 53.1. The number of carbonyl (C=O) groups is 4. The first-order chi connectivity index (χ1) is 37.8. The molecule has 6 nitrogen and oxygen atoms in total. The number of ether oxygens (including phenoxy) is 2. The summed E-state index contributed by atoms with van der Waals surface area (Å²) in [5, 5.41) is 3.20. The average molecular weight is 1020 g/mol. The number of rotatable bonds is 26. The Kier molecular flexibility index (Phi) is 17.0. The van der Waals surface area contributed by atoms with Gasteiger partial charge >= 0.3 is 0 Å². The van der Waals surface area contributed by atoms with Crippen LogP contribution >= 0.6 is 0 Å². The monoisotopic (exact) mass is 1020 g/mol. The summed E-state index contributed by atoms with van der Waals surface area (Å²) in [6.07, 6.45) is 24.2. The minimum atomic E-state index is -0.352. The molecule has 0 aromatic heterocycles. The topological polar surface area (TPSA) is 86.7 Å². The zero-order valence-corrected chi connectivity index (χ0v) is 45.1. The number of fused-ring (bicyclic) bond motifs is 6. The zero-order valence-electron chi connectivity index (χ0n) is 45.1. The maximum Gasteiger partial charge on any atom is 0.198 e. The molecule has 0 heterocycles. The van der Waals surface area contributed by atoms with Crippen LogP contribution in [0.1, 0.15) is 217 Å². The smallest absolute Gasteiger partial charge is 0.198 e. The molecule has 6 heteroatoms. The second kappa shape index (κ2) is 24.7. The summed E-state index contributed by atoms with van der Waals surface area (Å²) in [4.78, 5) is 56.8. The molecule has 0 amide bonds. The molecule has 8 aromatic rings. The van der Waals surface area contributed by atoms with E-state index in [4.69, 9.17) is 9.47 Å². The molecule has 0 spiro atoms. The quantitative estimate of drug-likeness (QED) is 0.0502. The first-order valence-electron chi connectivity index (χ1n) is 28.9. The van der Waals surface area contributed by atoms with Crippen LogP contribution < -0.4 is 9.47 Å². The maximum atomic E-state index is 14.4. The fraction of sp³-hybridized carbons (Fsp3) is 0.324. The van der Waals surface area contributed by atoms with Crippen molar-refractivity contribution in [1.29, 1.82) is 0 Å². The lowest BCUT2D eigenvalue weighted by Gasteiger charge is -2.36. The number of carbonyl (C=O) groups excluding carboxylic acids is 4. The van der Waals surface area contributed by atoms with Crippen molar-refractivity contribution in [3.8, 4) is 23.0 Å². The summed E-state index contributed by atoms with van der Waals surface area (Å²) < 4.78 is 13.7. The molecule has 0 aliphatic heterocycles. The number of unbranched alkanes of at least 4 members (excludes halogenated alkanes) is 16. The lowest BCUT2D eigenvalue weighted by atomic mass is 9.68. The fourth-order valence-corrected chi connectivity index (χ4v) is 12.2. The predicted octanol–water partition coefficient (Wildman–Crippen LogP) is 19.3. The number of ketones is 4. The van der Waals surface area contributed by atoms with Gasteiger partial charge in [0.1, 0.15) is 23.0 Å². The van der Waals surface area contributed by atoms with Crippen molar-refractivity contribution in [3.05, 3.63) is 213 Å². The third-order valence-electron chi connectivity index (χ3n) is 16.4. The minimum absolute atomic E-state index is 0.179. The number of hydrogen-bond donors (Lipinski definition) is 0. The van der Waals surface area contributed by atoms with Crippen LogP contribution in [0.15, 0.2) is 158 Å². The van der Waals surface area contributed by atoms with Crippen LogP contribution in [-0.2, 0) is 5.41 Å². The maximum absolute atomic E-state index is 14.4. The van der Waals surface area contributed by atoms with Gasteiger partial charge in [-0.05, 0) is 71.1 Å². The van der Waals surface area contributed by atoms with Crippen molar-refractivity contribution in [3.63, 3.8) is 0 Å². The second-order valence-electron chi connectivity index (χ2n) is 21.6. The third kappa shape index (κ3) is 11.2. The fourth-order valence-electron chi connectivity index (χ4n) is 12.2. The Labute approximate surface area is 455 Å². The van der Waals surface area contributed by atoms with E-state index < -0.39 is 0 Å². The van der Waals surface area contributed by atoms with E-state index in [9.17, 15) is 19.2 Å². The van der Waals surface area contributed by atoms with Crippen LogP contribution in [0.25, 0.3) is 21.5 Å². The molecule has 10 rings (SSSR count). The van der Waals surface area contributed by atoms with Gasteiger partial charge in [0, 0.05) is 49.6 Å². The summed E-state index contributed by atoms with van der Waals surface area (Å²) in [6.45, 7) is 4.54. The Morgan fingerprint density at radius 1 is 0.325 bits per heavy atom. The van der Waals surface area contributed by atoms with Crippen molar-refractivity contribution >= 4 is 44.7 Å². The molecule has 2 aliphatic carbocycles. The van der Waals surface area contributed by atoms with E-state index in [1.807, 2.05) is 84.9 Å². The van der Waals surface area contributed by atoms with E-state index in [2.05, 4.69) is 38.1 Å². The highest BCUT2D eigenvalue weighted by Gasteiger charge is 2.37. The van der Waals surface area contributed by atoms with Crippen LogP contribution in [0, 0.1) is 0 Å². The van der Waals surface area contributed by atoms with Crippen molar-refractivity contribution in [2.45, 2.75) is 148 Å². The summed E-state index contributed by atoms with van der Waals surface area (Å²) >= 11 is 0. The number of hydrogen-bond acceptors (Lipinski definition) is 6. The van der Waals surface area contributed by atoms with Gasteiger partial charge in [0.15, 0.2) is 23.1 Å². The SMILES string of the molecule is CCCCCCCCCCCC(CCCCCCCCCCC)(c1ccc(Oc2c3c(cc4ccccc24)C(=O)c2ccccc2C3=O)cc1)c1ccc(Oc2c3c(cc4ccccc24)C(=O)c2ccccc2C3=O)cc1. The average Bonchev–Trinajstić information content (AvgIpc) is 3.57. The van der Waals surface area contributed by atoms with E-state index in [-0.39, 0.29) is 28.5 Å². The Morgan fingerprint density at radius 2 is 0.636 bits per heavy atom. The van der Waals surface area contributed by atoms with Gasteiger partial charge < -0.3 is 9.47 Å². The van der Waals surface area contributed by atoms with Gasteiger partial charge in [-0.1, -0.05) is 251 Å². The molecule has 0 unspecified atom stereocenters. The van der Waals surface area contributed by atoms with Gasteiger partial charge in [-0.25, -0.2) is 0 Å². The molecule has 0 atom stereocenters. The van der Waals surface area contributed by atoms with Crippen molar-refractivity contribution in [1.82, 2.24) is 0 Å². The lowest BCUT2D eigenvalue weighted by molar-refractivity contribution is 0.0977. The highest BCUT2D eigenvalue weighted by atomic mass is 16.5. The van der Waals surface area contributed by atoms with E-state index >= 15 is 0 Å². The molecular weight excluding hydrogens is 949 g/mol. The van der Waals surface area contributed by atoms with Crippen molar-refractivity contribution in [2.75, 3.05) is 0 Å². The summed E-state index contributed by atoms with van der Waals surface area (Å²) in [6, 6.07) is 50.3. The van der Waals surface area contributed by atoms with Crippen LogP contribution in [0.4, 0.5) is 0 Å². The molecule has 77 heavy (non-hydrogen) atoms. The second-order valence-corrected chi connectivity index (χ2v) is 21.6. The first kappa shape index (κ1) is 53.0. The van der Waals surface area contributed by atoms with E-state index in [0.29, 0.717) is 67.5 Å². The molecular formula is C71H72O6. The predicted molar refractivity (Wildman–Crippen MR) is 312 cm³/mol. The highest BCUT2D eigenvalue weighted by molar-refractivity contribution is 6.32. The van der Waals surface area contributed by atoms with E-state index in [0.717, 1.165) is 60.1 Å². The Bertz CT molecular complexity index is 3190. The van der Waals surface area contributed by atoms with Gasteiger partial charge in [0.25, 0.3) is 0 Å². The van der Waals surface area contributed by atoms with E-state index in [1.165, 1.54) is 101 Å². The Morgan fingerprint density at radius 3 is 1.00 bits per heavy atom. The largest absolute Gasteiger partial charge is 0.456 e. The van der Waals surface area contributed by atoms with Gasteiger partial charge in [0.2, 0.25) is 0 Å². The highest BCUT2D eigenvalue weighted by Crippen LogP contribution is 2.47. The lowest BCUT2D eigenvalue weighted by Crippen LogP contribution is -2.28. The normalized spacial score (nSPS) is 12.9. The molecule has 0 saturated carbocycles. The Balaban J connectivity index is 1.00. The van der Waals surface area contributed by atoms with Gasteiger partial charge in [-0.3, -0.25) is 19.2 Å². The van der Waals surface area contributed by atoms with Gasteiger partial charge in [-0.2, -0.15) is 0 Å². The molecule has 2 aliphatic rings. The molecule has 0 radical (unpaired) electrons. The molecule has 392 valence electrons. The summed E-state index contributed by atoms with van der Waals surface area (Å²) in [5.74, 6) is 1.18. The molecule has 0 saturated heterocycles. The Hall–Kier alpha value is -7.44.